The number of nitrogens with one attached hydrogen (secondary N) is 1. The molecule has 0 heterocycles. The van der Waals surface area contributed by atoms with E-state index in [0.29, 0.717) is 13.2 Å². The van der Waals surface area contributed by atoms with Crippen LogP contribution in [0.25, 0.3) is 0 Å². The van der Waals surface area contributed by atoms with Gasteiger partial charge in [-0.15, -0.1) is 0 Å². The Labute approximate surface area is 150 Å². The molecule has 0 atom stereocenters. The zero-order chi connectivity index (χ0) is 17.9. The van der Waals surface area contributed by atoms with E-state index in [-0.39, 0.29) is 5.91 Å². The van der Waals surface area contributed by atoms with Crippen LogP contribution >= 0.6 is 0 Å². The summed E-state index contributed by atoms with van der Waals surface area (Å²) >= 11 is 0. The highest BCUT2D eigenvalue weighted by Gasteiger charge is 2.09. The van der Waals surface area contributed by atoms with Gasteiger partial charge in [-0.2, -0.15) is 0 Å². The average molecular weight is 340 g/mol. The maximum Gasteiger partial charge on any atom is 0.238 e. The van der Waals surface area contributed by atoms with Crippen molar-refractivity contribution < 1.29 is 9.53 Å². The molecule has 0 spiro atoms. The molecule has 4 heteroatoms. The van der Waals surface area contributed by atoms with Gasteiger partial charge >= 0.3 is 0 Å². The van der Waals surface area contributed by atoms with E-state index in [4.69, 9.17) is 4.74 Å². The molecule has 2 rings (SSSR count). The molecular weight excluding hydrogens is 312 g/mol. The summed E-state index contributed by atoms with van der Waals surface area (Å²) < 4.78 is 5.81. The molecule has 1 amide bonds. The number of carbonyl (C=O) groups excluding carboxylic acids is 1. The molecule has 0 unspecified atom stereocenters. The number of hydrogen-bond donors (Lipinski definition) is 1. The summed E-state index contributed by atoms with van der Waals surface area (Å²) in [6.45, 7) is 7.10. The SMILES string of the molecule is CCCN(CCC)CC(=O)Nc1cccc(OCc2ccccc2)c1. The first-order chi connectivity index (χ1) is 12.2. The van der Waals surface area contributed by atoms with Crippen LogP contribution in [0.3, 0.4) is 0 Å². The Kier molecular flexibility index (Phi) is 7.99. The second-order valence-electron chi connectivity index (χ2n) is 6.13. The maximum absolute atomic E-state index is 12.3. The third kappa shape index (κ3) is 6.98. The van der Waals surface area contributed by atoms with Crippen molar-refractivity contribution in [2.75, 3.05) is 25.0 Å². The Hall–Kier alpha value is -2.33. The number of ether oxygens (including phenoxy) is 1. The molecular formula is C21H28N2O2. The van der Waals surface area contributed by atoms with Crippen molar-refractivity contribution >= 4 is 11.6 Å². The predicted octanol–water partition coefficient (Wildman–Crippen LogP) is 4.33. The van der Waals surface area contributed by atoms with Gasteiger partial charge in [0, 0.05) is 11.8 Å². The fourth-order valence-electron chi connectivity index (χ4n) is 2.71. The van der Waals surface area contributed by atoms with Crippen LogP contribution < -0.4 is 10.1 Å². The summed E-state index contributed by atoms with van der Waals surface area (Å²) in [6.07, 6.45) is 2.10. The quantitative estimate of drug-likeness (QED) is 0.700. The standard InChI is InChI=1S/C21H28N2O2/c1-3-13-23(14-4-2)16-21(24)22-19-11-8-12-20(15-19)25-17-18-9-6-5-7-10-18/h5-12,15H,3-4,13-14,16-17H2,1-2H3,(H,22,24). The van der Waals surface area contributed by atoms with Crippen molar-refractivity contribution in [1.82, 2.24) is 4.90 Å². The minimum atomic E-state index is 0.0158. The van der Waals surface area contributed by atoms with E-state index in [1.807, 2.05) is 54.6 Å². The van der Waals surface area contributed by atoms with E-state index in [9.17, 15) is 4.79 Å². The van der Waals surface area contributed by atoms with E-state index < -0.39 is 0 Å². The third-order valence-electron chi connectivity index (χ3n) is 3.81. The molecule has 0 saturated heterocycles. The fraction of sp³-hybridized carbons (Fsp3) is 0.381. The fourth-order valence-corrected chi connectivity index (χ4v) is 2.71. The highest BCUT2D eigenvalue weighted by atomic mass is 16.5. The first-order valence-corrected chi connectivity index (χ1v) is 9.00. The lowest BCUT2D eigenvalue weighted by Gasteiger charge is -2.20. The predicted molar refractivity (Wildman–Crippen MR) is 103 cm³/mol. The number of amides is 1. The van der Waals surface area contributed by atoms with Gasteiger partial charge in [0.05, 0.1) is 6.54 Å². The Balaban J connectivity index is 1.88. The Morgan fingerprint density at radius 3 is 2.40 bits per heavy atom. The van der Waals surface area contributed by atoms with E-state index >= 15 is 0 Å². The number of hydrogen-bond acceptors (Lipinski definition) is 3. The van der Waals surface area contributed by atoms with Gasteiger partial charge in [0.25, 0.3) is 0 Å². The van der Waals surface area contributed by atoms with Crippen molar-refractivity contribution in [2.24, 2.45) is 0 Å². The molecule has 0 aliphatic carbocycles. The molecule has 0 bridgehead atoms. The lowest BCUT2D eigenvalue weighted by atomic mass is 10.2. The smallest absolute Gasteiger partial charge is 0.238 e. The summed E-state index contributed by atoms with van der Waals surface area (Å²) in [4.78, 5) is 14.5. The molecule has 25 heavy (non-hydrogen) atoms. The highest BCUT2D eigenvalue weighted by Crippen LogP contribution is 2.18. The molecule has 0 aliphatic heterocycles. The summed E-state index contributed by atoms with van der Waals surface area (Å²) in [7, 11) is 0. The topological polar surface area (TPSA) is 41.6 Å². The summed E-state index contributed by atoms with van der Waals surface area (Å²) in [5.74, 6) is 0.766. The lowest BCUT2D eigenvalue weighted by Crippen LogP contribution is -2.34. The molecule has 1 N–H and O–H groups in total. The first-order valence-electron chi connectivity index (χ1n) is 9.00. The van der Waals surface area contributed by atoms with Crippen molar-refractivity contribution in [3.63, 3.8) is 0 Å². The third-order valence-corrected chi connectivity index (χ3v) is 3.81. The van der Waals surface area contributed by atoms with Gasteiger partial charge in [0.15, 0.2) is 0 Å². The molecule has 4 nitrogen and oxygen atoms in total. The molecule has 134 valence electrons. The lowest BCUT2D eigenvalue weighted by molar-refractivity contribution is -0.117. The van der Waals surface area contributed by atoms with Crippen molar-refractivity contribution in [3.05, 3.63) is 60.2 Å². The minimum absolute atomic E-state index is 0.0158. The van der Waals surface area contributed by atoms with Crippen LogP contribution in [0.2, 0.25) is 0 Å². The second-order valence-corrected chi connectivity index (χ2v) is 6.13. The van der Waals surface area contributed by atoms with E-state index in [1.165, 1.54) is 0 Å². The van der Waals surface area contributed by atoms with Crippen molar-refractivity contribution in [1.29, 1.82) is 0 Å². The van der Waals surface area contributed by atoms with Crippen molar-refractivity contribution in [3.8, 4) is 5.75 Å². The van der Waals surface area contributed by atoms with Gasteiger partial charge in [-0.1, -0.05) is 50.2 Å². The monoisotopic (exact) mass is 340 g/mol. The second kappa shape index (κ2) is 10.5. The van der Waals surface area contributed by atoms with Gasteiger partial charge in [-0.05, 0) is 43.6 Å². The van der Waals surface area contributed by atoms with E-state index in [0.717, 1.165) is 42.9 Å². The summed E-state index contributed by atoms with van der Waals surface area (Å²) in [6, 6.07) is 17.6. The zero-order valence-corrected chi connectivity index (χ0v) is 15.2. The van der Waals surface area contributed by atoms with Gasteiger partial charge in [-0.3, -0.25) is 9.69 Å². The number of anilines is 1. The molecule has 2 aromatic rings. The number of carbonyl (C=O) groups is 1. The van der Waals surface area contributed by atoms with Crippen LogP contribution in [-0.2, 0) is 11.4 Å². The molecule has 0 fully saturated rings. The largest absolute Gasteiger partial charge is 0.489 e. The molecule has 0 aliphatic rings. The van der Waals surface area contributed by atoms with E-state index in [1.54, 1.807) is 0 Å². The van der Waals surface area contributed by atoms with E-state index in [2.05, 4.69) is 24.1 Å². The molecule has 0 aromatic heterocycles. The normalized spacial score (nSPS) is 10.7. The summed E-state index contributed by atoms with van der Waals surface area (Å²) in [5.41, 5.74) is 1.88. The first kappa shape index (κ1) is 19.0. The Bertz CT molecular complexity index is 637. The maximum atomic E-state index is 12.3. The highest BCUT2D eigenvalue weighted by molar-refractivity contribution is 5.92. The van der Waals surface area contributed by atoms with Crippen LogP contribution in [0.4, 0.5) is 5.69 Å². The summed E-state index contributed by atoms with van der Waals surface area (Å²) in [5, 5.41) is 2.97. The van der Waals surface area contributed by atoms with Gasteiger partial charge in [0.1, 0.15) is 12.4 Å². The van der Waals surface area contributed by atoms with Crippen molar-refractivity contribution in [2.45, 2.75) is 33.3 Å². The van der Waals surface area contributed by atoms with Crippen LogP contribution in [0, 0.1) is 0 Å². The Morgan fingerprint density at radius 2 is 1.72 bits per heavy atom. The number of nitrogens with zero attached hydrogens (tertiary/aromatic N) is 1. The van der Waals surface area contributed by atoms with Crippen LogP contribution in [0.1, 0.15) is 32.3 Å². The zero-order valence-electron chi connectivity index (χ0n) is 15.2. The van der Waals surface area contributed by atoms with Gasteiger partial charge in [-0.25, -0.2) is 0 Å². The average Bonchev–Trinajstić information content (AvgIpc) is 2.61. The number of rotatable bonds is 10. The van der Waals surface area contributed by atoms with Crippen LogP contribution in [-0.4, -0.2) is 30.4 Å². The number of benzene rings is 2. The molecule has 2 aromatic carbocycles. The molecule has 0 radical (unpaired) electrons. The molecule has 0 saturated carbocycles. The van der Waals surface area contributed by atoms with Gasteiger partial charge < -0.3 is 10.1 Å². The van der Waals surface area contributed by atoms with Crippen LogP contribution in [0.5, 0.6) is 5.75 Å². The van der Waals surface area contributed by atoms with Crippen LogP contribution in [0.15, 0.2) is 54.6 Å². The Morgan fingerprint density at radius 1 is 1.00 bits per heavy atom. The van der Waals surface area contributed by atoms with Gasteiger partial charge in [0.2, 0.25) is 5.91 Å². The minimum Gasteiger partial charge on any atom is -0.489 e.